The van der Waals surface area contributed by atoms with Crippen molar-refractivity contribution in [3.63, 3.8) is 0 Å². The minimum Gasteiger partial charge on any atom is -0.394 e. The fourth-order valence-electron chi connectivity index (χ4n) is 7.16. The maximum atomic E-state index is 11.4. The third-order valence-electron chi connectivity index (χ3n) is 10.3. The largest absolute Gasteiger partial charge is 0.394 e. The Hall–Kier alpha value is -1.05. The smallest absolute Gasteiger partial charge is 0.394 e. The fraction of sp³-hybridized carbons (Fsp3) is 1.00. The summed E-state index contributed by atoms with van der Waals surface area (Å²) in [5.74, 6) is 0. The Kier molecular flexibility index (Phi) is 17.6. The van der Waals surface area contributed by atoms with Crippen molar-refractivity contribution in [1.29, 1.82) is 0 Å². The second kappa shape index (κ2) is 20.7. The maximum absolute atomic E-state index is 11.4. The van der Waals surface area contributed by atoms with Gasteiger partial charge in [0, 0.05) is 18.6 Å². The molecule has 27 nitrogen and oxygen atoms in total. The van der Waals surface area contributed by atoms with Crippen LogP contribution in [0.4, 0.5) is 0 Å². The van der Waals surface area contributed by atoms with Gasteiger partial charge in [-0.1, -0.05) is 0 Å². The predicted octanol–water partition coefficient (Wildman–Crippen LogP) is -10.7. The molecule has 0 unspecified atom stereocenters. The van der Waals surface area contributed by atoms with E-state index in [1.165, 1.54) is 0 Å². The summed E-state index contributed by atoms with van der Waals surface area (Å²) in [4.78, 5) is 0. The normalized spacial score (nSPS) is 49.6. The van der Waals surface area contributed by atoms with Crippen LogP contribution >= 0.6 is 0 Å². The van der Waals surface area contributed by atoms with E-state index in [-0.39, 0.29) is 19.4 Å². The average Bonchev–Trinajstić information content (AvgIpc) is 3.44. The summed E-state index contributed by atoms with van der Waals surface area (Å²) in [7, 11) is -4.67. The molecule has 22 N–H and O–H groups in total. The third kappa shape index (κ3) is 11.7. The molecule has 5 rings (SSSR count). The lowest BCUT2D eigenvalue weighted by atomic mass is 9.84. The minimum atomic E-state index is -4.67. The van der Waals surface area contributed by atoms with Crippen molar-refractivity contribution in [1.82, 2.24) is 0 Å². The van der Waals surface area contributed by atoms with Crippen molar-refractivity contribution >= 4 is 10.4 Å². The van der Waals surface area contributed by atoms with E-state index in [2.05, 4.69) is 0 Å². The number of rotatable bonds is 12. The van der Waals surface area contributed by atoms with Gasteiger partial charge in [-0.2, -0.15) is 8.42 Å². The quantitative estimate of drug-likeness (QED) is 0.0810. The zero-order valence-electron chi connectivity index (χ0n) is 30.3. The zero-order valence-corrected chi connectivity index (χ0v) is 31.1. The van der Waals surface area contributed by atoms with Crippen LogP contribution < -0.4 is 28.7 Å². The van der Waals surface area contributed by atoms with Crippen LogP contribution in [0.5, 0.6) is 0 Å². The van der Waals surface area contributed by atoms with Crippen LogP contribution in [-0.4, -0.2) is 236 Å². The van der Waals surface area contributed by atoms with Crippen molar-refractivity contribution in [2.45, 2.75) is 154 Å². The first kappa shape index (κ1) is 48.6. The molecule has 4 aliphatic heterocycles. The van der Waals surface area contributed by atoms with Crippen molar-refractivity contribution in [3.05, 3.63) is 0 Å². The predicted molar refractivity (Wildman–Crippen MR) is 182 cm³/mol. The van der Waals surface area contributed by atoms with Gasteiger partial charge in [-0.15, -0.1) is 0 Å². The molecule has 1 aliphatic carbocycles. The Bertz CT molecular complexity index is 1340. The Morgan fingerprint density at radius 3 is 1.54 bits per heavy atom. The summed E-state index contributed by atoms with van der Waals surface area (Å²) < 4.78 is 78.0. The molecule has 1 saturated carbocycles. The number of hydrogen-bond donors (Lipinski definition) is 17. The highest BCUT2D eigenvalue weighted by molar-refractivity contribution is 7.79. The lowest BCUT2D eigenvalue weighted by molar-refractivity contribution is -0.348. The molecule has 5 aliphatic rings. The van der Waals surface area contributed by atoms with Gasteiger partial charge >= 0.3 is 10.4 Å². The first-order chi connectivity index (χ1) is 26.6. The second-order valence-corrected chi connectivity index (χ2v) is 15.3. The minimum absolute atomic E-state index is 0.0266. The Morgan fingerprint density at radius 1 is 0.491 bits per heavy atom. The summed E-state index contributed by atoms with van der Waals surface area (Å²) >= 11 is 0. The van der Waals surface area contributed by atoms with E-state index in [0.29, 0.717) is 0 Å². The molecule has 0 aromatic carbocycles. The molecule has 0 bridgehead atoms. The monoisotopic (exact) mass is 859 g/mol. The highest BCUT2D eigenvalue weighted by Crippen LogP contribution is 2.35. The van der Waals surface area contributed by atoms with Crippen LogP contribution in [0.25, 0.3) is 0 Å². The standard InChI is InChI=1S/C29H55N5O18.H2O4S/c30-3-11-23(51-28-20(43)19(42)17(40)13(5-36)47-28)18(41)15(34)27(45-11)50-24-14(6-37)48-29(21(24)44)52-25-16(39)7(31)1-8(32)22(25)49-26-9(33)2-10(38)12(4-35)46-26;1-5(2,3)4/h7-29,35-44H,1-6,30-34H2;(H2,1,2,3,4)/t7-,8+,9-,10+,11+,12-,13-,14-,15-,16+,17-,18-,19+,20+,21-,22-,23-,24-,25-,26+,27-,28-,29+;/m1./s1. The first-order valence-corrected chi connectivity index (χ1v) is 19.3. The zero-order chi connectivity index (χ0) is 42.7. The molecule has 5 fully saturated rings. The summed E-state index contributed by atoms with van der Waals surface area (Å²) in [6, 6.07) is -4.01. The third-order valence-corrected chi connectivity index (χ3v) is 10.3. The molecule has 0 radical (unpaired) electrons. The van der Waals surface area contributed by atoms with Gasteiger partial charge in [-0.3, -0.25) is 9.11 Å². The van der Waals surface area contributed by atoms with E-state index in [9.17, 15) is 51.1 Å². The van der Waals surface area contributed by atoms with E-state index in [1.807, 2.05) is 0 Å². The summed E-state index contributed by atoms with van der Waals surface area (Å²) in [6.45, 7) is -2.26. The molecule has 4 saturated heterocycles. The van der Waals surface area contributed by atoms with Gasteiger partial charge in [0.05, 0.1) is 44.1 Å². The molecule has 4 heterocycles. The molecule has 0 aromatic heterocycles. The molecule has 0 amide bonds. The van der Waals surface area contributed by atoms with Crippen molar-refractivity contribution in [2.75, 3.05) is 26.4 Å². The molecule has 23 atom stereocenters. The number of nitrogens with two attached hydrogens (primary N) is 5. The average molecular weight is 860 g/mol. The van der Waals surface area contributed by atoms with Gasteiger partial charge in [-0.25, -0.2) is 0 Å². The van der Waals surface area contributed by atoms with Crippen molar-refractivity contribution in [3.8, 4) is 0 Å². The molecule has 0 spiro atoms. The van der Waals surface area contributed by atoms with Crippen LogP contribution in [0.1, 0.15) is 12.8 Å². The Morgan fingerprint density at radius 2 is 0.965 bits per heavy atom. The lowest BCUT2D eigenvalue weighted by Gasteiger charge is -2.47. The topological polar surface area (TPSA) is 481 Å². The van der Waals surface area contributed by atoms with E-state index < -0.39 is 171 Å². The van der Waals surface area contributed by atoms with Gasteiger partial charge in [0.15, 0.2) is 25.2 Å². The van der Waals surface area contributed by atoms with E-state index >= 15 is 0 Å². The number of hydrogen-bond acceptors (Lipinski definition) is 25. The van der Waals surface area contributed by atoms with Gasteiger partial charge < -0.3 is 118 Å². The molecular weight excluding hydrogens is 802 g/mol. The number of ether oxygens (including phenoxy) is 8. The van der Waals surface area contributed by atoms with Crippen molar-refractivity contribution in [2.24, 2.45) is 28.7 Å². The van der Waals surface area contributed by atoms with Crippen molar-refractivity contribution < 1.29 is 106 Å². The number of aliphatic hydroxyl groups excluding tert-OH is 10. The summed E-state index contributed by atoms with van der Waals surface area (Å²) in [6.07, 6.45) is -26.9. The van der Waals surface area contributed by atoms with Gasteiger partial charge in [-0.05, 0) is 12.8 Å². The van der Waals surface area contributed by atoms with Gasteiger partial charge in [0.2, 0.25) is 0 Å². The highest BCUT2D eigenvalue weighted by atomic mass is 32.3. The first-order valence-electron chi connectivity index (χ1n) is 17.9. The van der Waals surface area contributed by atoms with Crippen LogP contribution in [0.3, 0.4) is 0 Å². The summed E-state index contributed by atoms with van der Waals surface area (Å²) in [5.41, 5.74) is 30.8. The fourth-order valence-corrected chi connectivity index (χ4v) is 7.16. The Labute approximate surface area is 325 Å². The maximum Gasteiger partial charge on any atom is 0.394 e. The molecule has 28 heteroatoms. The molecule has 57 heavy (non-hydrogen) atoms. The SMILES string of the molecule is NC[C@@H]1O[C@H](O[C@H]2[C@@H](O)[C@H](O[C@@H]3[C@@H](O)[C@H](N)C[C@H](N)[C@H]3O[C@@H]3O[C@H](CO)[C@@H](O)C[C@H]3N)O[C@@H]2CO)[C@H](N)[C@@H](O)[C@@H]1O[C@H]1O[C@H](CO)[C@@H](O)[C@H](O)[C@@H]1O.O=S(=O)(O)O. The second-order valence-electron chi connectivity index (χ2n) is 14.4. The van der Waals surface area contributed by atoms with E-state index in [0.717, 1.165) is 0 Å². The van der Waals surface area contributed by atoms with Gasteiger partial charge in [0.25, 0.3) is 0 Å². The molecular formula is C29H57N5O22S. The lowest BCUT2D eigenvalue weighted by Crippen LogP contribution is -2.67. The van der Waals surface area contributed by atoms with Crippen LogP contribution in [0.2, 0.25) is 0 Å². The van der Waals surface area contributed by atoms with Crippen LogP contribution in [-0.2, 0) is 48.3 Å². The highest BCUT2D eigenvalue weighted by Gasteiger charge is 2.55. The summed E-state index contributed by atoms with van der Waals surface area (Å²) in [5, 5.41) is 104. The van der Waals surface area contributed by atoms with E-state index in [1.54, 1.807) is 0 Å². The van der Waals surface area contributed by atoms with E-state index in [4.69, 9.17) is 84.1 Å². The van der Waals surface area contributed by atoms with Crippen LogP contribution in [0.15, 0.2) is 0 Å². The molecule has 0 aromatic rings. The molecule has 336 valence electrons. The van der Waals surface area contributed by atoms with Gasteiger partial charge in [0.1, 0.15) is 79.4 Å². The number of aliphatic hydroxyl groups is 10. The van der Waals surface area contributed by atoms with Crippen LogP contribution in [0, 0.1) is 0 Å². The Balaban J connectivity index is 0.00000135.